The Kier molecular flexibility index (Phi) is 3.54. The summed E-state index contributed by atoms with van der Waals surface area (Å²) < 4.78 is 0. The summed E-state index contributed by atoms with van der Waals surface area (Å²) in [5.41, 5.74) is 7.29. The van der Waals surface area contributed by atoms with E-state index in [1.807, 2.05) is 4.90 Å². The fourth-order valence-electron chi connectivity index (χ4n) is 3.33. The normalized spacial score (nSPS) is 14.0. The molecule has 0 fully saturated rings. The molecule has 2 heteroatoms. The van der Waals surface area contributed by atoms with E-state index in [-0.39, 0.29) is 5.91 Å². The van der Waals surface area contributed by atoms with Gasteiger partial charge in [0, 0.05) is 19.0 Å². The van der Waals surface area contributed by atoms with Crippen molar-refractivity contribution in [1.82, 2.24) is 0 Å². The van der Waals surface area contributed by atoms with Crippen LogP contribution < -0.4 is 4.90 Å². The number of hydrogen-bond acceptors (Lipinski definition) is 1. The van der Waals surface area contributed by atoms with Crippen LogP contribution in [-0.4, -0.2) is 12.5 Å². The first kappa shape index (κ1) is 13.9. The van der Waals surface area contributed by atoms with E-state index >= 15 is 0 Å². The highest BCUT2D eigenvalue weighted by Crippen LogP contribution is 2.38. The van der Waals surface area contributed by atoms with Crippen molar-refractivity contribution < 1.29 is 4.79 Å². The second kappa shape index (κ2) is 5.36. The largest absolute Gasteiger partial charge is 0.312 e. The van der Waals surface area contributed by atoms with Crippen LogP contribution >= 0.6 is 0 Å². The number of fused-ring (bicyclic) bond motifs is 1. The first-order valence-electron chi connectivity index (χ1n) is 7.55. The minimum absolute atomic E-state index is 0.132. The molecule has 2 aromatic rings. The van der Waals surface area contributed by atoms with Crippen LogP contribution in [0.1, 0.15) is 30.0 Å². The molecule has 2 aromatic carbocycles. The Morgan fingerprint density at radius 3 is 2.48 bits per heavy atom. The molecular formula is C19H21NO. The standard InChI is InChI=1S/C19H21NO/c1-13-10-14(2)12-17(11-13)18-8-4-6-16-7-5-9-20(15(3)21)19(16)18/h4,6,8,10-12H,5,7,9H2,1-3H3. The van der Waals surface area contributed by atoms with Crippen molar-refractivity contribution in [2.75, 3.05) is 11.4 Å². The molecule has 21 heavy (non-hydrogen) atoms. The molecule has 0 saturated carbocycles. The lowest BCUT2D eigenvalue weighted by molar-refractivity contribution is -0.116. The minimum Gasteiger partial charge on any atom is -0.312 e. The second-order valence-corrected chi connectivity index (χ2v) is 5.96. The molecule has 3 rings (SSSR count). The van der Waals surface area contributed by atoms with E-state index in [1.54, 1.807) is 6.92 Å². The summed E-state index contributed by atoms with van der Waals surface area (Å²) in [6.07, 6.45) is 2.10. The maximum Gasteiger partial charge on any atom is 0.223 e. The molecule has 0 N–H and O–H groups in total. The number of carbonyl (C=O) groups excluding carboxylic acids is 1. The molecule has 0 saturated heterocycles. The average Bonchev–Trinajstić information content (AvgIpc) is 2.44. The highest BCUT2D eigenvalue weighted by Gasteiger charge is 2.23. The van der Waals surface area contributed by atoms with E-state index in [2.05, 4.69) is 50.2 Å². The summed E-state index contributed by atoms with van der Waals surface area (Å²) in [4.78, 5) is 13.9. The molecule has 1 aliphatic heterocycles. The van der Waals surface area contributed by atoms with E-state index in [9.17, 15) is 4.79 Å². The van der Waals surface area contributed by atoms with E-state index in [0.717, 1.165) is 25.1 Å². The number of hydrogen-bond donors (Lipinski definition) is 0. The third kappa shape index (κ3) is 2.58. The van der Waals surface area contributed by atoms with Crippen molar-refractivity contribution in [2.24, 2.45) is 0 Å². The lowest BCUT2D eigenvalue weighted by atomic mass is 9.92. The zero-order chi connectivity index (χ0) is 15.0. The van der Waals surface area contributed by atoms with Gasteiger partial charge in [-0.15, -0.1) is 0 Å². The molecule has 0 bridgehead atoms. The predicted octanol–water partition coefficient (Wildman–Crippen LogP) is 4.27. The number of amides is 1. The smallest absolute Gasteiger partial charge is 0.223 e. The number of carbonyl (C=O) groups is 1. The maximum absolute atomic E-state index is 12.0. The monoisotopic (exact) mass is 279 g/mol. The SMILES string of the molecule is CC(=O)N1CCCc2cccc(-c3cc(C)cc(C)c3)c21. The predicted molar refractivity (Wildman–Crippen MR) is 87.7 cm³/mol. The number of para-hydroxylation sites is 1. The molecule has 0 unspecified atom stereocenters. The van der Waals surface area contributed by atoms with Crippen LogP contribution in [0.5, 0.6) is 0 Å². The van der Waals surface area contributed by atoms with Gasteiger partial charge in [-0.3, -0.25) is 4.79 Å². The van der Waals surface area contributed by atoms with Gasteiger partial charge in [0.1, 0.15) is 0 Å². The summed E-state index contributed by atoms with van der Waals surface area (Å²) >= 11 is 0. The van der Waals surface area contributed by atoms with Gasteiger partial charge in [-0.25, -0.2) is 0 Å². The third-order valence-corrected chi connectivity index (χ3v) is 4.13. The number of benzene rings is 2. The Morgan fingerprint density at radius 2 is 1.81 bits per heavy atom. The number of aryl methyl sites for hydroxylation is 3. The molecular weight excluding hydrogens is 258 g/mol. The van der Waals surface area contributed by atoms with Crippen LogP contribution in [0.3, 0.4) is 0 Å². The number of nitrogens with zero attached hydrogens (tertiary/aromatic N) is 1. The van der Waals surface area contributed by atoms with Crippen LogP contribution in [0, 0.1) is 13.8 Å². The topological polar surface area (TPSA) is 20.3 Å². The molecule has 108 valence electrons. The van der Waals surface area contributed by atoms with Crippen molar-refractivity contribution in [3.63, 3.8) is 0 Å². The Balaban J connectivity index is 2.22. The summed E-state index contributed by atoms with van der Waals surface area (Å²) in [7, 11) is 0. The molecule has 0 spiro atoms. The number of rotatable bonds is 1. The lowest BCUT2D eigenvalue weighted by Crippen LogP contribution is -2.34. The first-order chi connectivity index (χ1) is 10.1. The van der Waals surface area contributed by atoms with Gasteiger partial charge >= 0.3 is 0 Å². The van der Waals surface area contributed by atoms with Crippen LogP contribution in [0.15, 0.2) is 36.4 Å². The van der Waals surface area contributed by atoms with E-state index in [0.29, 0.717) is 0 Å². The fourth-order valence-corrected chi connectivity index (χ4v) is 3.33. The van der Waals surface area contributed by atoms with Gasteiger partial charge in [-0.05, 0) is 37.8 Å². The average molecular weight is 279 g/mol. The summed E-state index contributed by atoms with van der Waals surface area (Å²) in [5.74, 6) is 0.132. The Morgan fingerprint density at radius 1 is 1.10 bits per heavy atom. The molecule has 0 radical (unpaired) electrons. The Labute approximate surface area is 126 Å². The molecule has 0 atom stereocenters. The number of anilines is 1. The van der Waals surface area contributed by atoms with Gasteiger partial charge in [0.05, 0.1) is 5.69 Å². The van der Waals surface area contributed by atoms with Crippen molar-refractivity contribution >= 4 is 11.6 Å². The summed E-state index contributed by atoms with van der Waals surface area (Å²) in [5, 5.41) is 0. The first-order valence-corrected chi connectivity index (χ1v) is 7.55. The third-order valence-electron chi connectivity index (χ3n) is 4.13. The molecule has 1 aliphatic rings. The van der Waals surface area contributed by atoms with Crippen LogP contribution in [0.4, 0.5) is 5.69 Å². The molecule has 0 aliphatic carbocycles. The lowest BCUT2D eigenvalue weighted by Gasteiger charge is -2.31. The quantitative estimate of drug-likeness (QED) is 0.763. The van der Waals surface area contributed by atoms with E-state index < -0.39 is 0 Å². The highest BCUT2D eigenvalue weighted by atomic mass is 16.2. The molecule has 2 nitrogen and oxygen atoms in total. The van der Waals surface area contributed by atoms with Crippen LogP contribution in [0.25, 0.3) is 11.1 Å². The van der Waals surface area contributed by atoms with Gasteiger partial charge in [0.25, 0.3) is 0 Å². The summed E-state index contributed by atoms with van der Waals surface area (Å²) in [6, 6.07) is 13.0. The maximum atomic E-state index is 12.0. The van der Waals surface area contributed by atoms with Crippen LogP contribution in [0.2, 0.25) is 0 Å². The van der Waals surface area contributed by atoms with E-state index in [1.165, 1.54) is 27.8 Å². The second-order valence-electron chi connectivity index (χ2n) is 5.96. The van der Waals surface area contributed by atoms with Gasteiger partial charge in [-0.2, -0.15) is 0 Å². The van der Waals surface area contributed by atoms with Crippen LogP contribution in [-0.2, 0) is 11.2 Å². The molecule has 0 aromatic heterocycles. The zero-order valence-corrected chi connectivity index (χ0v) is 12.9. The van der Waals surface area contributed by atoms with Crippen molar-refractivity contribution in [1.29, 1.82) is 0 Å². The molecule has 1 heterocycles. The van der Waals surface area contributed by atoms with Crippen molar-refractivity contribution in [3.05, 3.63) is 53.1 Å². The zero-order valence-electron chi connectivity index (χ0n) is 12.9. The van der Waals surface area contributed by atoms with E-state index in [4.69, 9.17) is 0 Å². The minimum atomic E-state index is 0.132. The highest BCUT2D eigenvalue weighted by molar-refractivity contribution is 5.98. The summed E-state index contributed by atoms with van der Waals surface area (Å²) in [6.45, 7) is 6.72. The van der Waals surface area contributed by atoms with Crippen molar-refractivity contribution in [2.45, 2.75) is 33.6 Å². The van der Waals surface area contributed by atoms with Gasteiger partial charge in [-0.1, -0.05) is 47.5 Å². The molecule has 1 amide bonds. The van der Waals surface area contributed by atoms with Gasteiger partial charge < -0.3 is 4.90 Å². The fraction of sp³-hybridized carbons (Fsp3) is 0.316. The Hall–Kier alpha value is -2.09. The van der Waals surface area contributed by atoms with Gasteiger partial charge in [0.2, 0.25) is 5.91 Å². The Bertz CT molecular complexity index is 682. The van der Waals surface area contributed by atoms with Crippen molar-refractivity contribution in [3.8, 4) is 11.1 Å². The van der Waals surface area contributed by atoms with Gasteiger partial charge in [0.15, 0.2) is 0 Å².